The predicted molar refractivity (Wildman–Crippen MR) is 72.5 cm³/mol. The van der Waals surface area contributed by atoms with E-state index in [1.54, 1.807) is 31.3 Å². The number of nitrogens with zero attached hydrogens (tertiary/aromatic N) is 1. The first kappa shape index (κ1) is 13.8. The first-order chi connectivity index (χ1) is 8.99. The molecule has 0 fully saturated rings. The van der Waals surface area contributed by atoms with E-state index in [4.69, 9.17) is 4.42 Å². The standard InChI is InChI=1S/C13H13BrN2O3/c1-13(18,11-3-2-4-19-11)8-16-12(17)9-5-10(14)7-15-6-9/h2-7,18H,8H2,1H3,(H,16,17)/t13-/m1/s1. The topological polar surface area (TPSA) is 75.4 Å². The van der Waals surface area contributed by atoms with Crippen LogP contribution in [0.5, 0.6) is 0 Å². The van der Waals surface area contributed by atoms with E-state index in [1.807, 2.05) is 0 Å². The second-order valence-corrected chi connectivity index (χ2v) is 5.24. The van der Waals surface area contributed by atoms with Crippen molar-refractivity contribution in [2.45, 2.75) is 12.5 Å². The smallest absolute Gasteiger partial charge is 0.252 e. The molecule has 0 saturated carbocycles. The minimum atomic E-state index is -1.25. The summed E-state index contributed by atoms with van der Waals surface area (Å²) in [6, 6.07) is 5.00. The maximum Gasteiger partial charge on any atom is 0.252 e. The van der Waals surface area contributed by atoms with Crippen molar-refractivity contribution in [2.24, 2.45) is 0 Å². The normalized spacial score (nSPS) is 13.8. The highest BCUT2D eigenvalue weighted by atomic mass is 79.9. The van der Waals surface area contributed by atoms with E-state index in [1.165, 1.54) is 12.5 Å². The lowest BCUT2D eigenvalue weighted by atomic mass is 10.0. The van der Waals surface area contributed by atoms with Gasteiger partial charge in [-0.2, -0.15) is 0 Å². The van der Waals surface area contributed by atoms with Crippen LogP contribution in [0.1, 0.15) is 23.0 Å². The molecule has 2 heterocycles. The Bertz CT molecular complexity index is 567. The molecule has 19 heavy (non-hydrogen) atoms. The Morgan fingerprint density at radius 3 is 3.00 bits per heavy atom. The lowest BCUT2D eigenvalue weighted by Crippen LogP contribution is -2.38. The SMILES string of the molecule is C[C@@](O)(CNC(=O)c1cncc(Br)c1)c1ccco1. The average molecular weight is 325 g/mol. The third-order valence-corrected chi connectivity index (χ3v) is 3.05. The van der Waals surface area contributed by atoms with Crippen LogP contribution in [0.2, 0.25) is 0 Å². The third kappa shape index (κ3) is 3.42. The van der Waals surface area contributed by atoms with Crippen molar-refractivity contribution in [1.29, 1.82) is 0 Å². The number of rotatable bonds is 4. The Labute approximate surface area is 118 Å². The molecule has 6 heteroatoms. The van der Waals surface area contributed by atoms with Gasteiger partial charge in [0.05, 0.1) is 18.4 Å². The highest BCUT2D eigenvalue weighted by Gasteiger charge is 2.26. The van der Waals surface area contributed by atoms with Crippen molar-refractivity contribution in [3.63, 3.8) is 0 Å². The maximum absolute atomic E-state index is 11.9. The van der Waals surface area contributed by atoms with Gasteiger partial charge in [-0.3, -0.25) is 9.78 Å². The van der Waals surface area contributed by atoms with Crippen LogP contribution in [-0.4, -0.2) is 22.5 Å². The summed E-state index contributed by atoms with van der Waals surface area (Å²) in [5, 5.41) is 12.8. The van der Waals surface area contributed by atoms with Crippen LogP contribution in [0.25, 0.3) is 0 Å². The fraction of sp³-hybridized carbons (Fsp3) is 0.231. The highest BCUT2D eigenvalue weighted by Crippen LogP contribution is 2.20. The Morgan fingerprint density at radius 2 is 2.37 bits per heavy atom. The van der Waals surface area contributed by atoms with Gasteiger partial charge in [-0.1, -0.05) is 0 Å². The number of nitrogens with one attached hydrogen (secondary N) is 1. The quantitative estimate of drug-likeness (QED) is 0.902. The molecule has 0 bridgehead atoms. The number of aromatic nitrogens is 1. The summed E-state index contributed by atoms with van der Waals surface area (Å²) >= 11 is 3.25. The predicted octanol–water partition coefficient (Wildman–Crippen LogP) is 2.07. The molecule has 0 spiro atoms. The van der Waals surface area contributed by atoms with Gasteiger partial charge in [0, 0.05) is 16.9 Å². The molecule has 2 rings (SSSR count). The zero-order valence-corrected chi connectivity index (χ0v) is 11.8. The number of hydrogen-bond acceptors (Lipinski definition) is 4. The average Bonchev–Trinajstić information content (AvgIpc) is 2.90. The van der Waals surface area contributed by atoms with Gasteiger partial charge in [0.2, 0.25) is 0 Å². The lowest BCUT2D eigenvalue weighted by Gasteiger charge is -2.21. The Kier molecular flexibility index (Phi) is 4.01. The zero-order chi connectivity index (χ0) is 13.9. The van der Waals surface area contributed by atoms with Crippen LogP contribution in [0.3, 0.4) is 0 Å². The summed E-state index contributed by atoms with van der Waals surface area (Å²) in [4.78, 5) is 15.8. The molecular formula is C13H13BrN2O3. The first-order valence-corrected chi connectivity index (χ1v) is 6.43. The molecule has 100 valence electrons. The minimum absolute atomic E-state index is 0.0475. The van der Waals surface area contributed by atoms with Gasteiger partial charge < -0.3 is 14.8 Å². The molecule has 2 aromatic heterocycles. The molecule has 2 aromatic rings. The van der Waals surface area contributed by atoms with Crippen LogP contribution in [0, 0.1) is 0 Å². The monoisotopic (exact) mass is 324 g/mol. The van der Waals surface area contributed by atoms with Crippen molar-refractivity contribution in [3.05, 3.63) is 52.7 Å². The van der Waals surface area contributed by atoms with Gasteiger partial charge in [0.1, 0.15) is 11.4 Å². The summed E-state index contributed by atoms with van der Waals surface area (Å²) in [7, 11) is 0. The second-order valence-electron chi connectivity index (χ2n) is 4.33. The van der Waals surface area contributed by atoms with Crippen molar-refractivity contribution in [3.8, 4) is 0 Å². The van der Waals surface area contributed by atoms with Crippen LogP contribution >= 0.6 is 15.9 Å². The number of halogens is 1. The molecule has 2 N–H and O–H groups in total. The third-order valence-electron chi connectivity index (χ3n) is 2.61. The van der Waals surface area contributed by atoms with E-state index < -0.39 is 5.60 Å². The Morgan fingerprint density at radius 1 is 1.58 bits per heavy atom. The largest absolute Gasteiger partial charge is 0.466 e. The van der Waals surface area contributed by atoms with E-state index in [0.717, 1.165) is 4.47 Å². The van der Waals surface area contributed by atoms with Crippen LogP contribution in [0.15, 0.2) is 45.7 Å². The van der Waals surface area contributed by atoms with Crippen molar-refractivity contribution >= 4 is 21.8 Å². The molecule has 0 aliphatic rings. The number of carbonyl (C=O) groups is 1. The molecule has 0 aliphatic heterocycles. The number of hydrogen-bond donors (Lipinski definition) is 2. The van der Waals surface area contributed by atoms with E-state index in [-0.39, 0.29) is 12.5 Å². The number of pyridine rings is 1. The second kappa shape index (κ2) is 5.54. The zero-order valence-electron chi connectivity index (χ0n) is 10.3. The van der Waals surface area contributed by atoms with Gasteiger partial charge in [-0.25, -0.2) is 0 Å². The van der Waals surface area contributed by atoms with E-state index in [9.17, 15) is 9.90 Å². The number of aliphatic hydroxyl groups is 1. The Balaban J connectivity index is 2.01. The van der Waals surface area contributed by atoms with E-state index in [0.29, 0.717) is 11.3 Å². The van der Waals surface area contributed by atoms with Crippen molar-refractivity contribution in [2.75, 3.05) is 6.54 Å². The van der Waals surface area contributed by atoms with Crippen LogP contribution < -0.4 is 5.32 Å². The van der Waals surface area contributed by atoms with Gasteiger partial charge in [0.15, 0.2) is 0 Å². The number of carbonyl (C=O) groups excluding carboxylic acids is 1. The summed E-state index contributed by atoms with van der Waals surface area (Å²) in [6.07, 6.45) is 4.53. The molecule has 0 radical (unpaired) electrons. The highest BCUT2D eigenvalue weighted by molar-refractivity contribution is 9.10. The van der Waals surface area contributed by atoms with Gasteiger partial charge >= 0.3 is 0 Å². The molecular weight excluding hydrogens is 312 g/mol. The molecule has 0 unspecified atom stereocenters. The molecule has 5 nitrogen and oxygen atoms in total. The minimum Gasteiger partial charge on any atom is -0.466 e. The molecule has 0 aliphatic carbocycles. The van der Waals surface area contributed by atoms with E-state index in [2.05, 4.69) is 26.2 Å². The number of furan rings is 1. The molecule has 0 aromatic carbocycles. The lowest BCUT2D eigenvalue weighted by molar-refractivity contribution is 0.0330. The van der Waals surface area contributed by atoms with Gasteiger partial charge in [0.25, 0.3) is 5.91 Å². The van der Waals surface area contributed by atoms with Crippen LogP contribution in [0.4, 0.5) is 0 Å². The fourth-order valence-corrected chi connectivity index (χ4v) is 1.93. The molecule has 0 saturated heterocycles. The van der Waals surface area contributed by atoms with Gasteiger partial charge in [-0.15, -0.1) is 0 Å². The van der Waals surface area contributed by atoms with E-state index >= 15 is 0 Å². The van der Waals surface area contributed by atoms with Crippen molar-refractivity contribution < 1.29 is 14.3 Å². The van der Waals surface area contributed by atoms with Crippen LogP contribution in [-0.2, 0) is 5.60 Å². The first-order valence-electron chi connectivity index (χ1n) is 5.64. The maximum atomic E-state index is 11.9. The molecule has 1 amide bonds. The van der Waals surface area contributed by atoms with Gasteiger partial charge in [-0.05, 0) is 41.1 Å². The summed E-state index contributed by atoms with van der Waals surface area (Å²) in [5.41, 5.74) is -0.830. The number of amides is 1. The van der Waals surface area contributed by atoms with Crippen molar-refractivity contribution in [1.82, 2.24) is 10.3 Å². The summed E-state index contributed by atoms with van der Waals surface area (Å²) < 4.78 is 5.85. The Hall–Kier alpha value is -1.66. The summed E-state index contributed by atoms with van der Waals surface area (Å²) in [6.45, 7) is 1.62. The fourth-order valence-electron chi connectivity index (χ4n) is 1.56. The molecule has 1 atom stereocenters. The summed E-state index contributed by atoms with van der Waals surface area (Å²) in [5.74, 6) is 0.0980.